The molecular formula is C18H13Cl2F6N5OS. The third-order valence-corrected chi connectivity index (χ3v) is 4.48. The Morgan fingerprint density at radius 3 is 2.24 bits per heavy atom. The van der Waals surface area contributed by atoms with Gasteiger partial charge in [-0.1, -0.05) is 23.2 Å². The van der Waals surface area contributed by atoms with Crippen LogP contribution in [0, 0.1) is 0 Å². The van der Waals surface area contributed by atoms with Gasteiger partial charge in [0, 0.05) is 16.8 Å². The predicted molar refractivity (Wildman–Crippen MR) is 112 cm³/mol. The van der Waals surface area contributed by atoms with E-state index in [9.17, 15) is 31.1 Å². The Balaban J connectivity index is 0.00000385. The standard InChI is InChI=1S/C18H11Cl2F6N5O.H2S/c1-8(28-15(32)9-4-10(17(21,22)23)6-12(20)5-9)14-29-16(18(24,25)26)30-31(14)13-3-2-11(19)7-27-13;/h2-8H,1H3,(H,28,32);1H2/t8-;/m0./s1. The van der Waals surface area contributed by atoms with Crippen molar-refractivity contribution in [3.05, 3.63) is 69.3 Å². The van der Waals surface area contributed by atoms with E-state index in [-0.39, 0.29) is 35.2 Å². The summed E-state index contributed by atoms with van der Waals surface area (Å²) in [6, 6.07) is 3.63. The SMILES string of the molecule is C[C@H](NC(=O)c1cc(Cl)cc(C(F)(F)F)c1)c1nc(C(F)(F)F)nn1-c1ccc(Cl)cn1.S. The van der Waals surface area contributed by atoms with Gasteiger partial charge in [0.05, 0.1) is 16.6 Å². The van der Waals surface area contributed by atoms with E-state index in [2.05, 4.69) is 20.4 Å². The molecule has 0 fully saturated rings. The maximum Gasteiger partial charge on any atom is 0.453 e. The number of hydrogen-bond donors (Lipinski definition) is 1. The fourth-order valence-corrected chi connectivity index (χ4v) is 2.96. The minimum atomic E-state index is -4.90. The van der Waals surface area contributed by atoms with Crippen LogP contribution in [0.1, 0.15) is 40.5 Å². The fourth-order valence-electron chi connectivity index (χ4n) is 2.62. The molecule has 1 amide bonds. The third-order valence-electron chi connectivity index (χ3n) is 4.04. The topological polar surface area (TPSA) is 72.7 Å². The lowest BCUT2D eigenvalue weighted by atomic mass is 10.1. The van der Waals surface area contributed by atoms with E-state index in [1.807, 2.05) is 0 Å². The lowest BCUT2D eigenvalue weighted by Crippen LogP contribution is -2.29. The summed E-state index contributed by atoms with van der Waals surface area (Å²) in [5, 5.41) is 5.57. The average Bonchev–Trinajstić information content (AvgIpc) is 3.13. The molecule has 1 aromatic carbocycles. The quantitative estimate of drug-likeness (QED) is 0.444. The van der Waals surface area contributed by atoms with Crippen LogP contribution < -0.4 is 5.32 Å². The Bertz CT molecular complexity index is 1150. The first-order chi connectivity index (χ1) is 14.8. The van der Waals surface area contributed by atoms with Crippen LogP contribution in [0.3, 0.4) is 0 Å². The summed E-state index contributed by atoms with van der Waals surface area (Å²) >= 11 is 11.4. The Morgan fingerprint density at radius 1 is 1.03 bits per heavy atom. The van der Waals surface area contributed by atoms with Gasteiger partial charge in [-0.2, -0.15) is 44.5 Å². The zero-order valence-corrected chi connectivity index (χ0v) is 18.8. The molecule has 0 aliphatic heterocycles. The number of hydrogen-bond acceptors (Lipinski definition) is 4. The molecule has 0 bridgehead atoms. The number of carbonyl (C=O) groups is 1. The normalized spacial score (nSPS) is 12.8. The second-order valence-corrected chi connectivity index (χ2v) is 7.33. The zero-order chi connectivity index (χ0) is 23.8. The minimum absolute atomic E-state index is 0. The first kappa shape index (κ1) is 26.7. The first-order valence-electron chi connectivity index (χ1n) is 8.60. The molecule has 0 spiro atoms. The lowest BCUT2D eigenvalue weighted by molar-refractivity contribution is -0.145. The molecule has 15 heteroatoms. The fraction of sp³-hybridized carbons (Fsp3) is 0.222. The van der Waals surface area contributed by atoms with E-state index in [0.717, 1.165) is 10.7 Å². The predicted octanol–water partition coefficient (Wildman–Crippen LogP) is 5.61. The van der Waals surface area contributed by atoms with Crippen LogP contribution >= 0.6 is 36.7 Å². The summed E-state index contributed by atoms with van der Waals surface area (Å²) in [6.45, 7) is 1.28. The van der Waals surface area contributed by atoms with E-state index in [4.69, 9.17) is 23.2 Å². The number of benzene rings is 1. The van der Waals surface area contributed by atoms with Gasteiger partial charge in [-0.05, 0) is 37.3 Å². The number of nitrogens with zero attached hydrogens (tertiary/aromatic N) is 4. The van der Waals surface area contributed by atoms with Crippen LogP contribution in [0.15, 0.2) is 36.5 Å². The molecule has 6 nitrogen and oxygen atoms in total. The number of amides is 1. The molecular weight excluding hydrogens is 519 g/mol. The Kier molecular flexibility index (Phi) is 7.92. The molecule has 0 unspecified atom stereocenters. The maximum atomic E-state index is 13.2. The molecule has 0 aliphatic rings. The van der Waals surface area contributed by atoms with E-state index in [1.165, 1.54) is 25.3 Å². The van der Waals surface area contributed by atoms with Gasteiger partial charge in [0.15, 0.2) is 11.6 Å². The molecule has 1 N–H and O–H groups in total. The van der Waals surface area contributed by atoms with Crippen molar-refractivity contribution in [2.45, 2.75) is 25.3 Å². The number of carbonyl (C=O) groups excluding carboxylic acids is 1. The zero-order valence-electron chi connectivity index (χ0n) is 16.3. The van der Waals surface area contributed by atoms with Crippen molar-refractivity contribution in [1.82, 2.24) is 25.1 Å². The summed E-state index contributed by atoms with van der Waals surface area (Å²) in [4.78, 5) is 19.8. The number of pyridine rings is 1. The van der Waals surface area contributed by atoms with Crippen molar-refractivity contribution < 1.29 is 31.1 Å². The van der Waals surface area contributed by atoms with Crippen molar-refractivity contribution in [2.24, 2.45) is 0 Å². The number of halogens is 8. The van der Waals surface area contributed by atoms with E-state index >= 15 is 0 Å². The van der Waals surface area contributed by atoms with Crippen molar-refractivity contribution in [3.8, 4) is 5.82 Å². The van der Waals surface area contributed by atoms with E-state index in [1.54, 1.807) is 0 Å². The van der Waals surface area contributed by atoms with E-state index < -0.39 is 41.3 Å². The summed E-state index contributed by atoms with van der Waals surface area (Å²) in [5.74, 6) is -2.95. The van der Waals surface area contributed by atoms with Crippen molar-refractivity contribution in [2.75, 3.05) is 0 Å². The van der Waals surface area contributed by atoms with Crippen molar-refractivity contribution >= 4 is 42.6 Å². The highest BCUT2D eigenvalue weighted by molar-refractivity contribution is 7.59. The Hall–Kier alpha value is -2.51. The highest BCUT2D eigenvalue weighted by atomic mass is 35.5. The summed E-state index contributed by atoms with van der Waals surface area (Å²) in [6.07, 6.45) is -8.48. The van der Waals surface area contributed by atoms with Gasteiger partial charge in [-0.25, -0.2) is 9.97 Å². The van der Waals surface area contributed by atoms with Crippen LogP contribution in [-0.4, -0.2) is 25.7 Å². The largest absolute Gasteiger partial charge is 0.453 e. The molecule has 3 rings (SSSR count). The smallest absolute Gasteiger partial charge is 0.342 e. The number of alkyl halides is 6. The van der Waals surface area contributed by atoms with Crippen LogP contribution in [0.4, 0.5) is 26.3 Å². The molecule has 0 aliphatic carbocycles. The van der Waals surface area contributed by atoms with Gasteiger partial charge in [0.25, 0.3) is 11.7 Å². The Morgan fingerprint density at radius 2 is 1.70 bits per heavy atom. The summed E-state index contributed by atoms with van der Waals surface area (Å²) in [7, 11) is 0. The Labute approximate surface area is 199 Å². The van der Waals surface area contributed by atoms with Gasteiger partial charge >= 0.3 is 12.4 Å². The molecule has 2 heterocycles. The average molecular weight is 532 g/mol. The van der Waals surface area contributed by atoms with Crippen molar-refractivity contribution in [3.63, 3.8) is 0 Å². The molecule has 2 aromatic heterocycles. The van der Waals surface area contributed by atoms with Crippen LogP contribution in [0.2, 0.25) is 10.0 Å². The molecule has 3 aromatic rings. The van der Waals surface area contributed by atoms with Gasteiger partial charge in [0.1, 0.15) is 0 Å². The lowest BCUT2D eigenvalue weighted by Gasteiger charge is -2.15. The van der Waals surface area contributed by atoms with Crippen LogP contribution in [0.25, 0.3) is 5.82 Å². The van der Waals surface area contributed by atoms with Crippen LogP contribution in [-0.2, 0) is 12.4 Å². The first-order valence-corrected chi connectivity index (χ1v) is 9.36. The van der Waals surface area contributed by atoms with Crippen molar-refractivity contribution in [1.29, 1.82) is 0 Å². The second kappa shape index (κ2) is 9.77. The second-order valence-electron chi connectivity index (χ2n) is 6.46. The molecule has 0 radical (unpaired) electrons. The van der Waals surface area contributed by atoms with Gasteiger partial charge in [-0.3, -0.25) is 4.79 Å². The molecule has 1 atom stereocenters. The third kappa shape index (κ3) is 6.30. The van der Waals surface area contributed by atoms with Gasteiger partial charge in [0.2, 0.25) is 0 Å². The van der Waals surface area contributed by atoms with Gasteiger partial charge < -0.3 is 5.32 Å². The highest BCUT2D eigenvalue weighted by Gasteiger charge is 2.38. The summed E-state index contributed by atoms with van der Waals surface area (Å²) in [5.41, 5.74) is -1.60. The molecule has 0 saturated carbocycles. The van der Waals surface area contributed by atoms with E-state index in [0.29, 0.717) is 12.1 Å². The van der Waals surface area contributed by atoms with Gasteiger partial charge in [-0.15, -0.1) is 5.10 Å². The monoisotopic (exact) mass is 531 g/mol. The number of aromatic nitrogens is 4. The summed E-state index contributed by atoms with van der Waals surface area (Å²) < 4.78 is 79.2. The number of nitrogens with one attached hydrogen (secondary N) is 1. The number of rotatable bonds is 4. The molecule has 33 heavy (non-hydrogen) atoms. The molecule has 178 valence electrons. The van der Waals surface area contributed by atoms with Crippen LogP contribution in [0.5, 0.6) is 0 Å². The highest BCUT2D eigenvalue weighted by Crippen LogP contribution is 2.32. The molecule has 0 saturated heterocycles. The minimum Gasteiger partial charge on any atom is -0.342 e. The maximum absolute atomic E-state index is 13.2.